The number of hydrogen-bond donors (Lipinski definition) is 2. The fourth-order valence-electron chi connectivity index (χ4n) is 5.20. The van der Waals surface area contributed by atoms with Crippen LogP contribution in [0.15, 0.2) is 41.8 Å². The summed E-state index contributed by atoms with van der Waals surface area (Å²) in [6, 6.07) is 8.41. The van der Waals surface area contributed by atoms with E-state index in [1.807, 2.05) is 19.9 Å². The van der Waals surface area contributed by atoms with E-state index < -0.39 is 0 Å². The van der Waals surface area contributed by atoms with Crippen molar-refractivity contribution < 1.29 is 19.5 Å². The Morgan fingerprint density at radius 1 is 1.11 bits per heavy atom. The number of carboxylic acid groups (broad SMARTS) is 1. The molecule has 0 saturated heterocycles. The third-order valence-electron chi connectivity index (χ3n) is 7.35. The Labute approximate surface area is 230 Å². The van der Waals surface area contributed by atoms with Crippen LogP contribution in [-0.2, 0) is 22.4 Å². The number of aromatic nitrogens is 2. The van der Waals surface area contributed by atoms with Crippen LogP contribution >= 0.6 is 11.8 Å². The largest absolute Gasteiger partial charge is 0.483 e. The molecule has 1 amide bonds. The van der Waals surface area contributed by atoms with Crippen LogP contribution < -0.4 is 5.32 Å². The molecule has 9 heteroatoms. The lowest BCUT2D eigenvalue weighted by molar-refractivity contribution is -0.123. The lowest BCUT2D eigenvalue weighted by Crippen LogP contribution is -2.39. The number of thioether (sulfide) groups is 1. The average molecular weight is 541 g/mol. The fraction of sp³-hybridized carbons (Fsp3) is 0.552. The SMILES string of the molecule is CC(C)C(=O)c1ccc2c(c1)CCN(CC[C@H]1CC[C@H](NC(=O)CSc3ncccn3)CC1)CC2.O=CO. The number of benzene rings is 1. The molecule has 38 heavy (non-hydrogen) atoms. The van der Waals surface area contributed by atoms with E-state index in [1.54, 1.807) is 18.5 Å². The Hall–Kier alpha value is -2.78. The van der Waals surface area contributed by atoms with Gasteiger partial charge < -0.3 is 15.3 Å². The minimum atomic E-state index is -0.250. The van der Waals surface area contributed by atoms with Gasteiger partial charge in [-0.3, -0.25) is 14.4 Å². The summed E-state index contributed by atoms with van der Waals surface area (Å²) in [7, 11) is 0. The number of hydrogen-bond acceptors (Lipinski definition) is 7. The smallest absolute Gasteiger partial charge is 0.290 e. The second-order valence-electron chi connectivity index (χ2n) is 10.3. The van der Waals surface area contributed by atoms with E-state index in [1.165, 1.54) is 42.2 Å². The summed E-state index contributed by atoms with van der Waals surface area (Å²) in [6.07, 6.45) is 11.2. The topological polar surface area (TPSA) is 112 Å². The third kappa shape index (κ3) is 9.51. The molecule has 1 aromatic carbocycles. The highest BCUT2D eigenvalue weighted by Gasteiger charge is 2.24. The Bertz CT molecular complexity index is 1040. The van der Waals surface area contributed by atoms with Gasteiger partial charge in [0, 0.05) is 43.0 Å². The van der Waals surface area contributed by atoms with Crippen LogP contribution in [0.3, 0.4) is 0 Å². The molecular formula is C29H40N4O4S. The van der Waals surface area contributed by atoms with E-state index in [9.17, 15) is 9.59 Å². The molecule has 1 aliphatic heterocycles. The average Bonchev–Trinajstić information content (AvgIpc) is 3.14. The quantitative estimate of drug-likeness (QED) is 0.210. The van der Waals surface area contributed by atoms with Gasteiger partial charge in [-0.05, 0) is 80.7 Å². The van der Waals surface area contributed by atoms with Gasteiger partial charge in [0.15, 0.2) is 10.9 Å². The number of fused-ring (bicyclic) bond motifs is 1. The molecule has 1 aromatic heterocycles. The van der Waals surface area contributed by atoms with Crippen molar-refractivity contribution in [3.8, 4) is 0 Å². The van der Waals surface area contributed by atoms with Crippen molar-refractivity contribution in [1.82, 2.24) is 20.2 Å². The summed E-state index contributed by atoms with van der Waals surface area (Å²) in [5.41, 5.74) is 3.62. The van der Waals surface area contributed by atoms with E-state index in [2.05, 4.69) is 32.3 Å². The van der Waals surface area contributed by atoms with Gasteiger partial charge in [-0.25, -0.2) is 9.97 Å². The molecule has 1 saturated carbocycles. The number of ketones is 1. The van der Waals surface area contributed by atoms with Crippen molar-refractivity contribution in [2.45, 2.75) is 70.0 Å². The molecule has 0 unspecified atom stereocenters. The number of carbonyl (C=O) groups is 3. The van der Waals surface area contributed by atoms with Crippen LogP contribution in [0.2, 0.25) is 0 Å². The van der Waals surface area contributed by atoms with E-state index in [0.717, 1.165) is 56.8 Å². The first-order valence-electron chi connectivity index (χ1n) is 13.5. The van der Waals surface area contributed by atoms with Crippen molar-refractivity contribution in [1.29, 1.82) is 0 Å². The molecule has 2 aliphatic rings. The molecular weight excluding hydrogens is 500 g/mol. The first-order chi connectivity index (χ1) is 18.4. The van der Waals surface area contributed by atoms with Crippen LogP contribution in [0, 0.1) is 11.8 Å². The zero-order chi connectivity index (χ0) is 27.3. The van der Waals surface area contributed by atoms with Crippen molar-refractivity contribution in [2.75, 3.05) is 25.4 Å². The molecule has 1 aliphatic carbocycles. The van der Waals surface area contributed by atoms with Gasteiger partial charge in [0.25, 0.3) is 6.47 Å². The molecule has 0 atom stereocenters. The third-order valence-corrected chi connectivity index (χ3v) is 8.23. The lowest BCUT2D eigenvalue weighted by atomic mass is 9.84. The summed E-state index contributed by atoms with van der Waals surface area (Å²) < 4.78 is 0. The van der Waals surface area contributed by atoms with E-state index >= 15 is 0 Å². The van der Waals surface area contributed by atoms with Crippen molar-refractivity contribution in [2.24, 2.45) is 11.8 Å². The van der Waals surface area contributed by atoms with E-state index in [0.29, 0.717) is 17.0 Å². The first-order valence-corrected chi connectivity index (χ1v) is 14.5. The van der Waals surface area contributed by atoms with E-state index in [-0.39, 0.29) is 24.1 Å². The maximum absolute atomic E-state index is 12.4. The maximum atomic E-state index is 12.4. The fourth-order valence-corrected chi connectivity index (χ4v) is 5.82. The van der Waals surface area contributed by atoms with E-state index in [4.69, 9.17) is 9.90 Å². The minimum absolute atomic E-state index is 0.0431. The minimum Gasteiger partial charge on any atom is -0.483 e. The second-order valence-corrected chi connectivity index (χ2v) is 11.3. The molecule has 0 bridgehead atoms. The molecule has 1 fully saturated rings. The van der Waals surface area contributed by atoms with Crippen molar-refractivity contribution in [3.05, 3.63) is 53.3 Å². The zero-order valence-corrected chi connectivity index (χ0v) is 23.3. The van der Waals surface area contributed by atoms with Gasteiger partial charge in [-0.15, -0.1) is 0 Å². The van der Waals surface area contributed by atoms with Gasteiger partial charge in [0.05, 0.1) is 5.75 Å². The monoisotopic (exact) mass is 540 g/mol. The molecule has 2 heterocycles. The number of rotatable bonds is 9. The second kappa shape index (κ2) is 15.6. The number of nitrogens with zero attached hydrogens (tertiary/aromatic N) is 3. The normalized spacial score (nSPS) is 19.4. The van der Waals surface area contributed by atoms with Gasteiger partial charge >= 0.3 is 0 Å². The summed E-state index contributed by atoms with van der Waals surface area (Å²) in [5, 5.41) is 10.7. The van der Waals surface area contributed by atoms with Gasteiger partial charge in [0.2, 0.25) is 5.91 Å². The number of Topliss-reactive ketones (excluding diaryl/α,β-unsaturated/α-hetero) is 1. The predicted octanol–water partition coefficient (Wildman–Crippen LogP) is 4.27. The molecule has 2 aromatic rings. The highest BCUT2D eigenvalue weighted by Crippen LogP contribution is 2.28. The summed E-state index contributed by atoms with van der Waals surface area (Å²) in [4.78, 5) is 44.0. The van der Waals surface area contributed by atoms with Crippen molar-refractivity contribution in [3.63, 3.8) is 0 Å². The lowest BCUT2D eigenvalue weighted by Gasteiger charge is -2.30. The molecule has 4 rings (SSSR count). The van der Waals surface area contributed by atoms with Crippen LogP contribution in [0.1, 0.15) is 67.4 Å². The number of nitrogens with one attached hydrogen (secondary N) is 1. The molecule has 0 radical (unpaired) electrons. The molecule has 206 valence electrons. The molecule has 0 spiro atoms. The molecule has 8 nitrogen and oxygen atoms in total. The van der Waals surface area contributed by atoms with Gasteiger partial charge in [-0.1, -0.05) is 37.7 Å². The van der Waals surface area contributed by atoms with Gasteiger partial charge in [0.1, 0.15) is 0 Å². The summed E-state index contributed by atoms with van der Waals surface area (Å²) >= 11 is 1.39. The Morgan fingerprint density at radius 3 is 2.42 bits per heavy atom. The highest BCUT2D eigenvalue weighted by atomic mass is 32.2. The zero-order valence-electron chi connectivity index (χ0n) is 22.5. The van der Waals surface area contributed by atoms with Crippen LogP contribution in [0.4, 0.5) is 0 Å². The Balaban J connectivity index is 0.00000127. The summed E-state index contributed by atoms with van der Waals surface area (Å²) in [5.74, 6) is 1.48. The van der Waals surface area contributed by atoms with Crippen molar-refractivity contribution >= 4 is 29.9 Å². The standard InChI is InChI=1S/C28H38N4O2S.CH2O2/c1-20(2)27(34)24-7-6-22-11-16-32(17-12-23(22)18-24)15-10-21-4-8-25(9-5-21)31-26(33)19-35-28-29-13-3-14-30-28;2-1-3/h3,6-7,13-14,18,20-21,25H,4-5,8-12,15-17,19H2,1-2H3,(H,31,33);1H,(H,2,3)/t21-,25-;. The Kier molecular flexibility index (Phi) is 12.2. The van der Waals surface area contributed by atoms with Gasteiger partial charge in [-0.2, -0.15) is 0 Å². The van der Waals surface area contributed by atoms with Crippen LogP contribution in [-0.4, -0.2) is 69.6 Å². The molecule has 2 N–H and O–H groups in total. The highest BCUT2D eigenvalue weighted by molar-refractivity contribution is 7.99. The number of amides is 1. The Morgan fingerprint density at radius 2 is 1.76 bits per heavy atom. The first kappa shape index (κ1) is 29.8. The van der Waals surface area contributed by atoms with Crippen LogP contribution in [0.5, 0.6) is 0 Å². The predicted molar refractivity (Wildman–Crippen MR) is 149 cm³/mol. The van der Waals surface area contributed by atoms with Crippen LogP contribution in [0.25, 0.3) is 0 Å². The number of carbonyl (C=O) groups excluding carboxylic acids is 2. The maximum Gasteiger partial charge on any atom is 0.290 e. The summed E-state index contributed by atoms with van der Waals surface area (Å²) in [6.45, 7) is 7.00.